The van der Waals surface area contributed by atoms with Crippen LogP contribution >= 0.6 is 0 Å². The van der Waals surface area contributed by atoms with Gasteiger partial charge in [0.15, 0.2) is 5.82 Å². The topological polar surface area (TPSA) is 138 Å². The lowest BCUT2D eigenvalue weighted by atomic mass is 10.2. The Bertz CT molecular complexity index is 1370. The Morgan fingerprint density at radius 1 is 1.14 bits per heavy atom. The van der Waals surface area contributed by atoms with Crippen molar-refractivity contribution >= 4 is 33.3 Å². The fourth-order valence-electron chi connectivity index (χ4n) is 3.56. The Hall–Kier alpha value is -3.58. The van der Waals surface area contributed by atoms with Gasteiger partial charge >= 0.3 is 0 Å². The molecule has 13 heteroatoms. The Balaban J connectivity index is 1.54. The van der Waals surface area contributed by atoms with Gasteiger partial charge in [-0.15, -0.1) is 0 Å². The minimum atomic E-state index is -3.47. The normalized spacial score (nSPS) is 13.7. The average Bonchev–Trinajstić information content (AvgIpc) is 3.59. The molecule has 0 aliphatic heterocycles. The predicted molar refractivity (Wildman–Crippen MR) is 142 cm³/mol. The standard InChI is InChI=1S/C24H33N9O3S/c1-16(2)28-20-12-22(26-14-19(20)24(34)32(5)11-10-31(3)4)29-21-8-9-25-23(30-21)17-13-27-33(15-17)37(35,36)18-6-7-18/h8-9,12-16,18H,6-7,10-11H2,1-5H3,(H2,25,26,28,29,30). The third-order valence-corrected chi connectivity index (χ3v) is 7.78. The van der Waals surface area contributed by atoms with Gasteiger partial charge in [-0.25, -0.2) is 23.4 Å². The molecule has 1 aliphatic rings. The second-order valence-electron chi connectivity index (χ2n) is 9.68. The van der Waals surface area contributed by atoms with Crippen molar-refractivity contribution in [2.45, 2.75) is 38.0 Å². The van der Waals surface area contributed by atoms with Crippen molar-refractivity contribution in [3.8, 4) is 11.4 Å². The minimum Gasteiger partial charge on any atom is -0.382 e. The summed E-state index contributed by atoms with van der Waals surface area (Å²) in [5.41, 5.74) is 1.63. The number of nitrogens with zero attached hydrogens (tertiary/aromatic N) is 7. The molecule has 3 aromatic heterocycles. The first-order valence-electron chi connectivity index (χ1n) is 12.1. The summed E-state index contributed by atoms with van der Waals surface area (Å²) < 4.78 is 25.9. The number of hydrogen-bond acceptors (Lipinski definition) is 10. The molecule has 37 heavy (non-hydrogen) atoms. The molecular weight excluding hydrogens is 494 g/mol. The molecule has 4 rings (SSSR count). The van der Waals surface area contributed by atoms with Crippen molar-refractivity contribution in [1.29, 1.82) is 0 Å². The van der Waals surface area contributed by atoms with Crippen LogP contribution in [0.4, 0.5) is 17.3 Å². The van der Waals surface area contributed by atoms with E-state index in [1.54, 1.807) is 36.5 Å². The van der Waals surface area contributed by atoms with Crippen molar-refractivity contribution < 1.29 is 13.2 Å². The second-order valence-corrected chi connectivity index (χ2v) is 11.8. The van der Waals surface area contributed by atoms with Gasteiger partial charge in [0.1, 0.15) is 11.6 Å². The summed E-state index contributed by atoms with van der Waals surface area (Å²) in [4.78, 5) is 30.0. The third kappa shape index (κ3) is 6.41. The summed E-state index contributed by atoms with van der Waals surface area (Å²) in [5, 5.41) is 10.1. The van der Waals surface area contributed by atoms with Gasteiger partial charge in [-0.05, 0) is 46.9 Å². The van der Waals surface area contributed by atoms with E-state index in [1.807, 2.05) is 32.8 Å². The number of likely N-dealkylation sites (N-methyl/N-ethyl adjacent to an activating group) is 2. The van der Waals surface area contributed by atoms with E-state index in [9.17, 15) is 13.2 Å². The van der Waals surface area contributed by atoms with Gasteiger partial charge in [0, 0.05) is 44.6 Å². The lowest BCUT2D eigenvalue weighted by Crippen LogP contribution is -2.34. The Kier molecular flexibility index (Phi) is 7.73. The highest BCUT2D eigenvalue weighted by Crippen LogP contribution is 2.30. The highest BCUT2D eigenvalue weighted by Gasteiger charge is 2.37. The summed E-state index contributed by atoms with van der Waals surface area (Å²) in [5.74, 6) is 1.17. The summed E-state index contributed by atoms with van der Waals surface area (Å²) in [6.45, 7) is 5.34. The van der Waals surface area contributed by atoms with Gasteiger partial charge < -0.3 is 20.4 Å². The van der Waals surface area contributed by atoms with Crippen LogP contribution in [0, 0.1) is 0 Å². The van der Waals surface area contributed by atoms with Crippen molar-refractivity contribution in [3.63, 3.8) is 0 Å². The fourth-order valence-corrected chi connectivity index (χ4v) is 5.03. The zero-order valence-electron chi connectivity index (χ0n) is 21.7. The number of pyridine rings is 1. The molecule has 0 spiro atoms. The Morgan fingerprint density at radius 2 is 1.89 bits per heavy atom. The smallest absolute Gasteiger partial charge is 0.257 e. The van der Waals surface area contributed by atoms with Crippen LogP contribution in [0.25, 0.3) is 11.4 Å². The number of carbonyl (C=O) groups is 1. The van der Waals surface area contributed by atoms with Crippen LogP contribution in [-0.2, 0) is 10.0 Å². The molecule has 0 saturated heterocycles. The van der Waals surface area contributed by atoms with Gasteiger partial charge in [0.05, 0.1) is 34.5 Å². The molecule has 0 bridgehead atoms. The van der Waals surface area contributed by atoms with E-state index in [2.05, 4.69) is 30.7 Å². The highest BCUT2D eigenvalue weighted by molar-refractivity contribution is 7.90. The lowest BCUT2D eigenvalue weighted by Gasteiger charge is -2.22. The SMILES string of the molecule is CC(C)Nc1cc(Nc2ccnc(-c3cnn(S(=O)(=O)C4CC4)c3)n2)ncc1C(=O)N(C)CCN(C)C. The van der Waals surface area contributed by atoms with Crippen LogP contribution in [0.5, 0.6) is 0 Å². The Morgan fingerprint density at radius 3 is 2.57 bits per heavy atom. The second kappa shape index (κ2) is 10.8. The zero-order chi connectivity index (χ0) is 26.7. The molecule has 198 valence electrons. The maximum Gasteiger partial charge on any atom is 0.257 e. The third-order valence-electron chi connectivity index (χ3n) is 5.74. The minimum absolute atomic E-state index is 0.1000. The molecule has 1 amide bonds. The molecule has 1 saturated carbocycles. The van der Waals surface area contributed by atoms with E-state index >= 15 is 0 Å². The lowest BCUT2D eigenvalue weighted by molar-refractivity contribution is 0.0787. The maximum absolute atomic E-state index is 13.1. The predicted octanol–water partition coefficient (Wildman–Crippen LogP) is 2.27. The van der Waals surface area contributed by atoms with Crippen molar-refractivity contribution in [3.05, 3.63) is 42.5 Å². The highest BCUT2D eigenvalue weighted by atomic mass is 32.2. The van der Waals surface area contributed by atoms with E-state index in [0.717, 1.165) is 10.6 Å². The molecule has 12 nitrogen and oxygen atoms in total. The van der Waals surface area contributed by atoms with E-state index in [-0.39, 0.29) is 17.2 Å². The van der Waals surface area contributed by atoms with Crippen LogP contribution in [0.3, 0.4) is 0 Å². The fraction of sp³-hybridized carbons (Fsp3) is 0.458. The first-order chi connectivity index (χ1) is 17.5. The molecule has 3 aromatic rings. The monoisotopic (exact) mass is 527 g/mol. The molecule has 0 aromatic carbocycles. The summed E-state index contributed by atoms with van der Waals surface area (Å²) >= 11 is 0. The van der Waals surface area contributed by atoms with Gasteiger partial charge in [0.25, 0.3) is 15.9 Å². The number of hydrogen-bond donors (Lipinski definition) is 2. The van der Waals surface area contributed by atoms with Gasteiger partial charge in [0.2, 0.25) is 0 Å². The molecule has 2 N–H and O–H groups in total. The molecule has 0 radical (unpaired) electrons. The molecule has 1 fully saturated rings. The summed E-state index contributed by atoms with van der Waals surface area (Å²) in [6, 6.07) is 3.55. The first-order valence-corrected chi connectivity index (χ1v) is 13.6. The molecule has 3 heterocycles. The van der Waals surface area contributed by atoms with Crippen LogP contribution in [0.15, 0.2) is 36.9 Å². The summed E-state index contributed by atoms with van der Waals surface area (Å²) in [7, 11) is 2.24. The molecule has 0 unspecified atom stereocenters. The van der Waals surface area contributed by atoms with E-state index in [1.165, 1.54) is 12.4 Å². The van der Waals surface area contributed by atoms with Crippen LogP contribution < -0.4 is 10.6 Å². The molecule has 0 atom stereocenters. The van der Waals surface area contributed by atoms with Crippen molar-refractivity contribution in [1.82, 2.24) is 33.9 Å². The van der Waals surface area contributed by atoms with Crippen LogP contribution in [-0.4, -0.2) is 93.8 Å². The first kappa shape index (κ1) is 26.5. The van der Waals surface area contributed by atoms with E-state index < -0.39 is 10.0 Å². The van der Waals surface area contributed by atoms with Crippen LogP contribution in [0.1, 0.15) is 37.0 Å². The average molecular weight is 528 g/mol. The number of amides is 1. The van der Waals surface area contributed by atoms with Crippen LogP contribution in [0.2, 0.25) is 0 Å². The van der Waals surface area contributed by atoms with Gasteiger partial charge in [-0.3, -0.25) is 4.79 Å². The number of aromatic nitrogens is 5. The van der Waals surface area contributed by atoms with Crippen molar-refractivity contribution in [2.24, 2.45) is 0 Å². The number of anilines is 3. The van der Waals surface area contributed by atoms with Gasteiger partial charge in [-0.1, -0.05) is 0 Å². The van der Waals surface area contributed by atoms with Gasteiger partial charge in [-0.2, -0.15) is 9.19 Å². The largest absolute Gasteiger partial charge is 0.382 e. The number of nitrogens with one attached hydrogen (secondary N) is 2. The number of rotatable bonds is 11. The maximum atomic E-state index is 13.1. The van der Waals surface area contributed by atoms with E-state index in [4.69, 9.17) is 0 Å². The van der Waals surface area contributed by atoms with E-state index in [0.29, 0.717) is 53.7 Å². The molecule has 1 aliphatic carbocycles. The summed E-state index contributed by atoms with van der Waals surface area (Å²) in [6.07, 6.45) is 7.31. The van der Waals surface area contributed by atoms with Crippen molar-refractivity contribution in [2.75, 3.05) is 44.9 Å². The Labute approximate surface area is 217 Å². The zero-order valence-corrected chi connectivity index (χ0v) is 22.5. The number of carbonyl (C=O) groups excluding carboxylic acids is 1. The molecular formula is C24H33N9O3S. The quantitative estimate of drug-likeness (QED) is 0.382.